The lowest BCUT2D eigenvalue weighted by molar-refractivity contribution is -0.137. The Labute approximate surface area is 113 Å². The van der Waals surface area contributed by atoms with E-state index in [1.807, 2.05) is 19.1 Å². The Hall–Kier alpha value is -1.55. The quantitative estimate of drug-likeness (QED) is 0.857. The zero-order chi connectivity index (χ0) is 13.9. The lowest BCUT2D eigenvalue weighted by Gasteiger charge is -2.43. The molecule has 0 saturated carbocycles. The molecule has 0 aromatic heterocycles. The van der Waals surface area contributed by atoms with Gasteiger partial charge in [-0.2, -0.15) is 0 Å². The van der Waals surface area contributed by atoms with Crippen LogP contribution in [-0.4, -0.2) is 31.4 Å². The first-order valence-corrected chi connectivity index (χ1v) is 6.52. The Kier molecular flexibility index (Phi) is 4.10. The Morgan fingerprint density at radius 2 is 2.21 bits per heavy atom. The van der Waals surface area contributed by atoms with E-state index in [-0.39, 0.29) is 11.8 Å². The van der Waals surface area contributed by atoms with Gasteiger partial charge in [-0.25, -0.2) is 0 Å². The summed E-state index contributed by atoms with van der Waals surface area (Å²) >= 11 is 0. The van der Waals surface area contributed by atoms with E-state index < -0.39 is 5.97 Å². The first-order chi connectivity index (χ1) is 9.07. The molecule has 0 spiro atoms. The van der Waals surface area contributed by atoms with Crippen molar-refractivity contribution >= 4 is 5.97 Å². The van der Waals surface area contributed by atoms with Gasteiger partial charge in [0.2, 0.25) is 0 Å². The van der Waals surface area contributed by atoms with Gasteiger partial charge < -0.3 is 14.6 Å². The minimum Gasteiger partial charge on any atom is -0.496 e. The molecule has 2 rings (SSSR count). The number of carboxylic acids is 1. The highest BCUT2D eigenvalue weighted by Crippen LogP contribution is 2.42. The Bertz CT molecular complexity index is 463. The van der Waals surface area contributed by atoms with Crippen molar-refractivity contribution in [1.29, 1.82) is 0 Å². The van der Waals surface area contributed by atoms with Crippen LogP contribution in [0.25, 0.3) is 0 Å². The van der Waals surface area contributed by atoms with Gasteiger partial charge in [0.1, 0.15) is 5.75 Å². The predicted octanol–water partition coefficient (Wildman–Crippen LogP) is 2.53. The molecule has 1 heterocycles. The highest BCUT2D eigenvalue weighted by atomic mass is 16.5. The molecule has 0 unspecified atom stereocenters. The maximum atomic E-state index is 10.6. The van der Waals surface area contributed by atoms with Crippen LogP contribution in [-0.2, 0) is 14.9 Å². The second kappa shape index (κ2) is 5.61. The van der Waals surface area contributed by atoms with Crippen LogP contribution < -0.4 is 4.74 Å². The van der Waals surface area contributed by atoms with Crippen molar-refractivity contribution in [3.8, 4) is 5.75 Å². The maximum Gasteiger partial charge on any atom is 0.303 e. The third-order valence-electron chi connectivity index (χ3n) is 3.73. The molecule has 104 valence electrons. The fraction of sp³-hybridized carbons (Fsp3) is 0.533. The van der Waals surface area contributed by atoms with Gasteiger partial charge in [0, 0.05) is 17.4 Å². The summed E-state index contributed by atoms with van der Waals surface area (Å²) in [6.07, 6.45) is 1.69. The number of aliphatic carboxylic acids is 1. The summed E-state index contributed by atoms with van der Waals surface area (Å²) in [4.78, 5) is 10.6. The normalized spacial score (nSPS) is 16.7. The van der Waals surface area contributed by atoms with E-state index in [1.54, 1.807) is 7.11 Å². The smallest absolute Gasteiger partial charge is 0.303 e. The van der Waals surface area contributed by atoms with E-state index in [1.165, 1.54) is 5.56 Å². The van der Waals surface area contributed by atoms with Crippen molar-refractivity contribution in [2.75, 3.05) is 20.3 Å². The zero-order valence-corrected chi connectivity index (χ0v) is 11.4. The largest absolute Gasteiger partial charge is 0.496 e. The molecule has 1 N–H and O–H groups in total. The van der Waals surface area contributed by atoms with E-state index in [0.717, 1.165) is 17.7 Å². The molecule has 0 bridgehead atoms. The van der Waals surface area contributed by atoms with Crippen molar-refractivity contribution < 1.29 is 19.4 Å². The van der Waals surface area contributed by atoms with E-state index in [2.05, 4.69) is 6.07 Å². The summed E-state index contributed by atoms with van der Waals surface area (Å²) < 4.78 is 10.8. The third kappa shape index (κ3) is 2.89. The molecule has 4 heteroatoms. The van der Waals surface area contributed by atoms with Crippen LogP contribution >= 0.6 is 0 Å². The average molecular weight is 264 g/mol. The molecule has 1 aliphatic rings. The lowest BCUT2D eigenvalue weighted by Crippen LogP contribution is -2.47. The standard InChI is InChI=1S/C15H20O4/c1-11-5-6-13(18-2)12(8-11)15(9-19-10-15)7-3-4-14(16)17/h5-6,8H,3-4,7,9-10H2,1-2H3,(H,16,17). The van der Waals surface area contributed by atoms with Gasteiger partial charge in [-0.15, -0.1) is 0 Å². The van der Waals surface area contributed by atoms with Crippen LogP contribution in [0.1, 0.15) is 30.4 Å². The number of hydrogen-bond acceptors (Lipinski definition) is 3. The summed E-state index contributed by atoms with van der Waals surface area (Å²) in [5, 5.41) is 8.76. The average Bonchev–Trinajstić information content (AvgIpc) is 2.32. The Balaban J connectivity index is 2.20. The molecule has 1 aromatic rings. The second-order valence-electron chi connectivity index (χ2n) is 5.22. The van der Waals surface area contributed by atoms with Gasteiger partial charge in [0.05, 0.1) is 20.3 Å². The summed E-state index contributed by atoms with van der Waals surface area (Å²) in [5.74, 6) is 0.121. The van der Waals surface area contributed by atoms with Crippen molar-refractivity contribution in [2.45, 2.75) is 31.6 Å². The third-order valence-corrected chi connectivity index (χ3v) is 3.73. The fourth-order valence-electron chi connectivity index (χ4n) is 2.60. The lowest BCUT2D eigenvalue weighted by atomic mass is 9.74. The molecule has 1 saturated heterocycles. The summed E-state index contributed by atoms with van der Waals surface area (Å²) in [7, 11) is 1.67. The molecule has 0 amide bonds. The Morgan fingerprint density at radius 1 is 1.47 bits per heavy atom. The molecular weight excluding hydrogens is 244 g/mol. The highest BCUT2D eigenvalue weighted by molar-refractivity contribution is 5.66. The number of aryl methyl sites for hydroxylation is 1. The molecule has 0 radical (unpaired) electrons. The van der Waals surface area contributed by atoms with E-state index in [0.29, 0.717) is 19.6 Å². The van der Waals surface area contributed by atoms with Crippen LogP contribution in [0.5, 0.6) is 5.75 Å². The summed E-state index contributed by atoms with van der Waals surface area (Å²) in [5.41, 5.74) is 2.25. The summed E-state index contributed by atoms with van der Waals surface area (Å²) in [6, 6.07) is 6.12. The van der Waals surface area contributed by atoms with Crippen LogP contribution in [0, 0.1) is 6.92 Å². The van der Waals surface area contributed by atoms with Crippen molar-refractivity contribution in [3.05, 3.63) is 29.3 Å². The monoisotopic (exact) mass is 264 g/mol. The molecule has 19 heavy (non-hydrogen) atoms. The predicted molar refractivity (Wildman–Crippen MR) is 71.7 cm³/mol. The number of methoxy groups -OCH3 is 1. The van der Waals surface area contributed by atoms with Gasteiger partial charge in [-0.05, 0) is 25.8 Å². The van der Waals surface area contributed by atoms with Gasteiger partial charge >= 0.3 is 5.97 Å². The maximum absolute atomic E-state index is 10.6. The van der Waals surface area contributed by atoms with Crippen molar-refractivity contribution in [3.63, 3.8) is 0 Å². The van der Waals surface area contributed by atoms with Crippen LogP contribution in [0.15, 0.2) is 18.2 Å². The molecule has 1 fully saturated rings. The summed E-state index contributed by atoms with van der Waals surface area (Å²) in [6.45, 7) is 3.34. The molecule has 1 aromatic carbocycles. The van der Waals surface area contributed by atoms with E-state index in [9.17, 15) is 4.79 Å². The molecule has 1 aliphatic heterocycles. The number of ether oxygens (including phenoxy) is 2. The molecule has 0 aliphatic carbocycles. The molecule has 4 nitrogen and oxygen atoms in total. The minimum absolute atomic E-state index is 0.0766. The number of hydrogen-bond donors (Lipinski definition) is 1. The number of benzene rings is 1. The van der Waals surface area contributed by atoms with Gasteiger partial charge in [-0.1, -0.05) is 17.7 Å². The van der Waals surface area contributed by atoms with Crippen LogP contribution in [0.3, 0.4) is 0 Å². The van der Waals surface area contributed by atoms with E-state index in [4.69, 9.17) is 14.6 Å². The number of carbonyl (C=O) groups is 1. The highest BCUT2D eigenvalue weighted by Gasteiger charge is 2.41. The van der Waals surface area contributed by atoms with Gasteiger partial charge in [0.25, 0.3) is 0 Å². The SMILES string of the molecule is COc1ccc(C)cc1C1(CCCC(=O)O)COC1. The Morgan fingerprint density at radius 3 is 2.74 bits per heavy atom. The first kappa shape index (κ1) is 13.9. The van der Waals surface area contributed by atoms with Crippen LogP contribution in [0.4, 0.5) is 0 Å². The van der Waals surface area contributed by atoms with Gasteiger partial charge in [0.15, 0.2) is 0 Å². The van der Waals surface area contributed by atoms with Crippen molar-refractivity contribution in [2.24, 2.45) is 0 Å². The fourth-order valence-corrected chi connectivity index (χ4v) is 2.60. The molecule has 0 atom stereocenters. The number of carboxylic acid groups (broad SMARTS) is 1. The second-order valence-corrected chi connectivity index (χ2v) is 5.22. The topological polar surface area (TPSA) is 55.8 Å². The minimum atomic E-state index is -0.744. The first-order valence-electron chi connectivity index (χ1n) is 6.52. The van der Waals surface area contributed by atoms with E-state index >= 15 is 0 Å². The number of rotatable bonds is 6. The molecular formula is C15H20O4. The van der Waals surface area contributed by atoms with Crippen LogP contribution in [0.2, 0.25) is 0 Å². The zero-order valence-electron chi connectivity index (χ0n) is 11.4. The van der Waals surface area contributed by atoms with Crippen molar-refractivity contribution in [1.82, 2.24) is 0 Å². The van der Waals surface area contributed by atoms with Gasteiger partial charge in [-0.3, -0.25) is 4.79 Å².